The first-order chi connectivity index (χ1) is 7.66. The molecule has 90 valence electrons. The second kappa shape index (κ2) is 5.63. The first-order valence-electron chi connectivity index (χ1n) is 5.89. The molecule has 2 atom stereocenters. The summed E-state index contributed by atoms with van der Waals surface area (Å²) >= 11 is 5.28. The number of nitrogens with zero attached hydrogens (tertiary/aromatic N) is 1. The highest BCUT2D eigenvalue weighted by Crippen LogP contribution is 2.25. The topological polar surface area (TPSA) is 29.3 Å². The van der Waals surface area contributed by atoms with E-state index in [1.165, 1.54) is 35.2 Å². The van der Waals surface area contributed by atoms with Crippen LogP contribution < -0.4 is 5.73 Å². The maximum absolute atomic E-state index is 6.07. The maximum Gasteiger partial charge on any atom is 0.0701 e. The zero-order valence-electron chi connectivity index (χ0n) is 9.66. The molecule has 1 saturated heterocycles. The van der Waals surface area contributed by atoms with Gasteiger partial charge in [-0.3, -0.25) is 4.90 Å². The van der Waals surface area contributed by atoms with Crippen LogP contribution in [0.25, 0.3) is 0 Å². The monoisotopic (exact) mass is 302 g/mol. The highest BCUT2D eigenvalue weighted by atomic mass is 79.9. The molecule has 0 radical (unpaired) electrons. The lowest BCUT2D eigenvalue weighted by molar-refractivity contribution is 0.123. The molecule has 2 rings (SSSR count). The van der Waals surface area contributed by atoms with Crippen LogP contribution in [0.15, 0.2) is 15.2 Å². The SMILES string of the molecule is CC(N)C1CCCCN1Cc1csc(Br)c1. The molecule has 1 aliphatic heterocycles. The third kappa shape index (κ3) is 3.06. The minimum absolute atomic E-state index is 0.280. The molecule has 1 aromatic heterocycles. The molecular formula is C12H19BrN2S. The molecule has 2 N–H and O–H groups in total. The molecular weight excluding hydrogens is 284 g/mol. The van der Waals surface area contributed by atoms with Gasteiger partial charge < -0.3 is 5.73 Å². The van der Waals surface area contributed by atoms with Crippen LogP contribution >= 0.6 is 27.3 Å². The average molecular weight is 303 g/mol. The number of thiophene rings is 1. The number of halogens is 1. The number of likely N-dealkylation sites (tertiary alicyclic amines) is 1. The summed E-state index contributed by atoms with van der Waals surface area (Å²) in [4.78, 5) is 2.54. The molecule has 2 heterocycles. The summed E-state index contributed by atoms with van der Waals surface area (Å²) < 4.78 is 1.22. The van der Waals surface area contributed by atoms with Gasteiger partial charge in [0.25, 0.3) is 0 Å². The Morgan fingerprint density at radius 2 is 2.44 bits per heavy atom. The van der Waals surface area contributed by atoms with Crippen molar-refractivity contribution in [2.75, 3.05) is 6.54 Å². The van der Waals surface area contributed by atoms with Gasteiger partial charge in [-0.2, -0.15) is 0 Å². The minimum Gasteiger partial charge on any atom is -0.327 e. The summed E-state index contributed by atoms with van der Waals surface area (Å²) in [5, 5.41) is 2.23. The highest BCUT2D eigenvalue weighted by molar-refractivity contribution is 9.11. The minimum atomic E-state index is 0.280. The Bertz CT molecular complexity index is 338. The number of nitrogens with two attached hydrogens (primary N) is 1. The van der Waals surface area contributed by atoms with Crippen LogP contribution in [0.3, 0.4) is 0 Å². The summed E-state index contributed by atoms with van der Waals surface area (Å²) in [5.41, 5.74) is 7.47. The van der Waals surface area contributed by atoms with Crippen LogP contribution in [0.2, 0.25) is 0 Å². The Morgan fingerprint density at radius 1 is 1.62 bits per heavy atom. The fourth-order valence-corrected chi connectivity index (χ4v) is 3.67. The van der Waals surface area contributed by atoms with Crippen LogP contribution in [0.4, 0.5) is 0 Å². The van der Waals surface area contributed by atoms with Crippen LogP contribution in [-0.4, -0.2) is 23.5 Å². The molecule has 0 aliphatic carbocycles. The normalized spacial score (nSPS) is 24.6. The zero-order valence-corrected chi connectivity index (χ0v) is 12.1. The molecule has 0 spiro atoms. The van der Waals surface area contributed by atoms with Crippen molar-refractivity contribution >= 4 is 27.3 Å². The maximum atomic E-state index is 6.07. The average Bonchev–Trinajstić information content (AvgIpc) is 2.64. The lowest BCUT2D eigenvalue weighted by Crippen LogP contribution is -2.48. The molecule has 2 unspecified atom stereocenters. The summed E-state index contributed by atoms with van der Waals surface area (Å²) in [6.07, 6.45) is 3.90. The van der Waals surface area contributed by atoms with Crippen LogP contribution in [-0.2, 0) is 6.54 Å². The van der Waals surface area contributed by atoms with Crippen LogP contribution in [0, 0.1) is 0 Å². The van der Waals surface area contributed by atoms with Gasteiger partial charge in [-0.05, 0) is 59.2 Å². The van der Waals surface area contributed by atoms with Gasteiger partial charge in [0, 0.05) is 18.6 Å². The van der Waals surface area contributed by atoms with Crippen molar-refractivity contribution < 1.29 is 0 Å². The number of hydrogen-bond acceptors (Lipinski definition) is 3. The summed E-state index contributed by atoms with van der Waals surface area (Å²) in [6.45, 7) is 4.38. The third-order valence-corrected chi connectivity index (χ3v) is 4.83. The standard InChI is InChI=1S/C12H19BrN2S/c1-9(14)11-4-2-3-5-15(11)7-10-6-12(13)16-8-10/h6,8-9,11H,2-5,7,14H2,1H3. The van der Waals surface area contributed by atoms with E-state index in [1.54, 1.807) is 11.3 Å². The number of rotatable bonds is 3. The molecule has 0 saturated carbocycles. The van der Waals surface area contributed by atoms with Crippen LogP contribution in [0.5, 0.6) is 0 Å². The smallest absolute Gasteiger partial charge is 0.0701 e. The van der Waals surface area contributed by atoms with Crippen molar-refractivity contribution in [1.82, 2.24) is 4.90 Å². The molecule has 0 amide bonds. The zero-order chi connectivity index (χ0) is 11.5. The first-order valence-corrected chi connectivity index (χ1v) is 7.56. The van der Waals surface area contributed by atoms with Gasteiger partial charge in [0.05, 0.1) is 3.79 Å². The van der Waals surface area contributed by atoms with Crippen molar-refractivity contribution in [1.29, 1.82) is 0 Å². The van der Waals surface area contributed by atoms with Crippen molar-refractivity contribution in [2.24, 2.45) is 5.73 Å². The van der Waals surface area contributed by atoms with Gasteiger partial charge in [0.1, 0.15) is 0 Å². The van der Waals surface area contributed by atoms with E-state index in [1.807, 2.05) is 0 Å². The molecule has 1 fully saturated rings. The van der Waals surface area contributed by atoms with Gasteiger partial charge >= 0.3 is 0 Å². The molecule has 16 heavy (non-hydrogen) atoms. The van der Waals surface area contributed by atoms with E-state index in [0.29, 0.717) is 6.04 Å². The van der Waals surface area contributed by atoms with E-state index >= 15 is 0 Å². The summed E-state index contributed by atoms with van der Waals surface area (Å²) in [7, 11) is 0. The van der Waals surface area contributed by atoms with E-state index in [2.05, 4.69) is 39.2 Å². The molecule has 1 aliphatic rings. The van der Waals surface area contributed by atoms with Gasteiger partial charge in [-0.25, -0.2) is 0 Å². The molecule has 0 aromatic carbocycles. The molecule has 2 nitrogen and oxygen atoms in total. The van der Waals surface area contributed by atoms with E-state index in [4.69, 9.17) is 5.73 Å². The van der Waals surface area contributed by atoms with Gasteiger partial charge in [-0.1, -0.05) is 6.42 Å². The lowest BCUT2D eigenvalue weighted by Gasteiger charge is -2.37. The predicted molar refractivity (Wildman–Crippen MR) is 73.7 cm³/mol. The Morgan fingerprint density at radius 3 is 3.06 bits per heavy atom. The Hall–Kier alpha value is 0.100. The van der Waals surface area contributed by atoms with Crippen molar-refractivity contribution in [2.45, 2.75) is 44.8 Å². The molecule has 0 bridgehead atoms. The molecule has 1 aromatic rings. The van der Waals surface area contributed by atoms with Crippen molar-refractivity contribution in [3.05, 3.63) is 20.8 Å². The van der Waals surface area contributed by atoms with Gasteiger partial charge in [0.15, 0.2) is 0 Å². The Kier molecular flexibility index (Phi) is 4.41. The summed E-state index contributed by atoms with van der Waals surface area (Å²) in [5.74, 6) is 0. The second-order valence-electron chi connectivity index (χ2n) is 4.65. The van der Waals surface area contributed by atoms with Crippen molar-refractivity contribution in [3.8, 4) is 0 Å². The highest BCUT2D eigenvalue weighted by Gasteiger charge is 2.25. The molecule has 4 heteroatoms. The van der Waals surface area contributed by atoms with E-state index in [-0.39, 0.29) is 6.04 Å². The van der Waals surface area contributed by atoms with E-state index in [0.717, 1.165) is 6.54 Å². The summed E-state index contributed by atoms with van der Waals surface area (Å²) in [6, 6.07) is 3.06. The first kappa shape index (κ1) is 12.6. The number of hydrogen-bond donors (Lipinski definition) is 1. The third-order valence-electron chi connectivity index (χ3n) is 3.28. The van der Waals surface area contributed by atoms with E-state index in [9.17, 15) is 0 Å². The van der Waals surface area contributed by atoms with Gasteiger partial charge in [0.2, 0.25) is 0 Å². The lowest BCUT2D eigenvalue weighted by atomic mass is 9.96. The van der Waals surface area contributed by atoms with Gasteiger partial charge in [-0.15, -0.1) is 11.3 Å². The fraction of sp³-hybridized carbons (Fsp3) is 0.667. The Labute approximate surface area is 110 Å². The van der Waals surface area contributed by atoms with Crippen molar-refractivity contribution in [3.63, 3.8) is 0 Å². The second-order valence-corrected chi connectivity index (χ2v) is 6.94. The Balaban J connectivity index is 2.01. The predicted octanol–water partition coefficient (Wildman–Crippen LogP) is 3.21. The van der Waals surface area contributed by atoms with Crippen LogP contribution in [0.1, 0.15) is 31.7 Å². The largest absolute Gasteiger partial charge is 0.327 e. The fourth-order valence-electron chi connectivity index (χ4n) is 2.47. The number of piperidine rings is 1. The quantitative estimate of drug-likeness (QED) is 0.929. The van der Waals surface area contributed by atoms with E-state index < -0.39 is 0 Å².